The van der Waals surface area contributed by atoms with E-state index in [2.05, 4.69) is 45.7 Å². The number of nitrogens with one attached hydrogen (secondary N) is 1. The fourth-order valence-corrected chi connectivity index (χ4v) is 5.53. The second-order valence-corrected chi connectivity index (χ2v) is 10.1. The number of carbonyl (C=O) groups is 2. The third-order valence-electron chi connectivity index (χ3n) is 6.85. The summed E-state index contributed by atoms with van der Waals surface area (Å²) in [5, 5.41) is 10.8. The van der Waals surface area contributed by atoms with Crippen LogP contribution in [0.4, 0.5) is 10.5 Å². The van der Waals surface area contributed by atoms with Gasteiger partial charge in [-0.2, -0.15) is 5.26 Å². The molecule has 2 aliphatic rings. The van der Waals surface area contributed by atoms with Crippen LogP contribution in [0.5, 0.6) is 0 Å². The maximum Gasteiger partial charge on any atom is 0.404 e. The summed E-state index contributed by atoms with van der Waals surface area (Å²) in [5.41, 5.74) is 9.91. The first-order chi connectivity index (χ1) is 15.7. The molecule has 1 saturated heterocycles. The molecule has 0 unspecified atom stereocenters. The number of nitrogens with zero attached hydrogens (tertiary/aromatic N) is 2. The Kier molecular flexibility index (Phi) is 4.98. The van der Waals surface area contributed by atoms with E-state index < -0.39 is 11.5 Å². The second kappa shape index (κ2) is 7.63. The number of nitrogens with two attached hydrogens (primary N) is 1. The monoisotopic (exact) mass is 506 g/mol. The number of anilines is 1. The Bertz CT molecular complexity index is 1360. The second-order valence-electron chi connectivity index (χ2n) is 9.17. The van der Waals surface area contributed by atoms with Crippen LogP contribution in [0.25, 0.3) is 10.9 Å². The zero-order chi connectivity index (χ0) is 23.5. The van der Waals surface area contributed by atoms with Gasteiger partial charge in [-0.15, -0.1) is 0 Å². The standard InChI is InChI=1S/C25H23BrN4O3/c1-25(2)18-11-20(30-7-5-15(6-8-30)33-24(28)32)13(12-27)9-17(18)22(31)21-16-4-3-14(26)10-19(16)29-23(21)25/h3-4,9-11,15,29H,5-8H2,1-2H3,(H2,28,32). The fraction of sp³-hybridized carbons (Fsp3) is 0.320. The number of hydrogen-bond donors (Lipinski definition) is 2. The number of ether oxygens (including phenoxy) is 1. The van der Waals surface area contributed by atoms with E-state index in [1.807, 2.05) is 24.3 Å². The number of fused-ring (bicyclic) bond motifs is 4. The molecule has 168 valence electrons. The zero-order valence-corrected chi connectivity index (χ0v) is 20.0. The summed E-state index contributed by atoms with van der Waals surface area (Å²) in [6.07, 6.45) is 0.289. The van der Waals surface area contributed by atoms with Crippen LogP contribution in [0.15, 0.2) is 34.8 Å². The minimum atomic E-state index is -0.763. The number of piperidine rings is 1. The molecule has 3 N–H and O–H groups in total. The lowest BCUT2D eigenvalue weighted by Gasteiger charge is -2.37. The predicted molar refractivity (Wildman–Crippen MR) is 129 cm³/mol. The van der Waals surface area contributed by atoms with Gasteiger partial charge in [-0.1, -0.05) is 35.8 Å². The van der Waals surface area contributed by atoms with Crippen molar-refractivity contribution in [3.8, 4) is 6.07 Å². The molecule has 1 aliphatic heterocycles. The summed E-state index contributed by atoms with van der Waals surface area (Å²) < 4.78 is 6.08. The molecule has 1 fully saturated rings. The smallest absolute Gasteiger partial charge is 0.404 e. The molecule has 0 bridgehead atoms. The summed E-state index contributed by atoms with van der Waals surface area (Å²) in [6.45, 7) is 5.46. The number of primary amides is 1. The number of rotatable bonds is 2. The van der Waals surface area contributed by atoms with E-state index in [1.165, 1.54) is 0 Å². The summed E-state index contributed by atoms with van der Waals surface area (Å²) in [4.78, 5) is 30.3. The molecule has 3 aromatic rings. The van der Waals surface area contributed by atoms with Gasteiger partial charge >= 0.3 is 6.09 Å². The van der Waals surface area contributed by atoms with E-state index in [0.29, 0.717) is 42.6 Å². The molecule has 0 radical (unpaired) electrons. The lowest BCUT2D eigenvalue weighted by molar-refractivity contribution is 0.0912. The van der Waals surface area contributed by atoms with Gasteiger partial charge < -0.3 is 20.4 Å². The van der Waals surface area contributed by atoms with Gasteiger partial charge in [0.15, 0.2) is 5.78 Å². The van der Waals surface area contributed by atoms with Crippen molar-refractivity contribution in [3.05, 3.63) is 62.8 Å². The van der Waals surface area contributed by atoms with Crippen molar-refractivity contribution < 1.29 is 14.3 Å². The Balaban J connectivity index is 1.59. The first-order valence-electron chi connectivity index (χ1n) is 10.9. The van der Waals surface area contributed by atoms with Gasteiger partial charge in [0.1, 0.15) is 12.2 Å². The average molecular weight is 507 g/mol. The van der Waals surface area contributed by atoms with Crippen molar-refractivity contribution >= 4 is 44.4 Å². The third-order valence-corrected chi connectivity index (χ3v) is 7.35. The van der Waals surface area contributed by atoms with Gasteiger partial charge in [0, 0.05) is 58.0 Å². The van der Waals surface area contributed by atoms with Crippen LogP contribution in [0, 0.1) is 11.3 Å². The fourth-order valence-electron chi connectivity index (χ4n) is 5.17. The Labute approximate surface area is 199 Å². The van der Waals surface area contributed by atoms with Crippen molar-refractivity contribution in [2.45, 2.75) is 38.2 Å². The largest absolute Gasteiger partial charge is 0.446 e. The SMILES string of the molecule is CC1(C)c2cc(N3CCC(OC(N)=O)CC3)c(C#N)cc2C(=O)c2c1[nH]c1cc(Br)ccc21. The highest BCUT2D eigenvalue weighted by molar-refractivity contribution is 9.10. The van der Waals surface area contributed by atoms with E-state index >= 15 is 0 Å². The van der Waals surface area contributed by atoms with Gasteiger partial charge in [-0.3, -0.25) is 4.79 Å². The van der Waals surface area contributed by atoms with Gasteiger partial charge in [0.05, 0.1) is 16.8 Å². The maximum atomic E-state index is 13.6. The highest BCUT2D eigenvalue weighted by atomic mass is 79.9. The Morgan fingerprint density at radius 2 is 2.00 bits per heavy atom. The highest BCUT2D eigenvalue weighted by Gasteiger charge is 2.40. The number of H-pyrrole nitrogens is 1. The third kappa shape index (κ3) is 3.39. The predicted octanol–water partition coefficient (Wildman–Crippen LogP) is 4.74. The van der Waals surface area contributed by atoms with Crippen molar-refractivity contribution in [3.63, 3.8) is 0 Å². The zero-order valence-electron chi connectivity index (χ0n) is 18.4. The van der Waals surface area contributed by atoms with E-state index in [-0.39, 0.29) is 11.9 Å². The lowest BCUT2D eigenvalue weighted by Crippen LogP contribution is -2.39. The van der Waals surface area contributed by atoms with E-state index in [9.17, 15) is 14.9 Å². The number of halogens is 1. The molecule has 0 atom stereocenters. The van der Waals surface area contributed by atoms with Gasteiger partial charge in [0.2, 0.25) is 0 Å². The van der Waals surface area contributed by atoms with Crippen molar-refractivity contribution in [1.82, 2.24) is 4.98 Å². The number of aromatic amines is 1. The molecule has 2 aromatic carbocycles. The summed E-state index contributed by atoms with van der Waals surface area (Å²) in [6, 6.07) is 11.9. The number of aromatic nitrogens is 1. The van der Waals surface area contributed by atoms with Crippen LogP contribution in [0.1, 0.15) is 59.4 Å². The number of carbonyl (C=O) groups excluding carboxylic acids is 2. The summed E-state index contributed by atoms with van der Waals surface area (Å²) >= 11 is 3.51. The molecule has 8 heteroatoms. The van der Waals surface area contributed by atoms with E-state index in [1.54, 1.807) is 6.07 Å². The number of nitriles is 1. The summed E-state index contributed by atoms with van der Waals surface area (Å²) in [7, 11) is 0. The van der Waals surface area contributed by atoms with Crippen LogP contribution in [-0.4, -0.2) is 36.1 Å². The Morgan fingerprint density at radius 1 is 1.27 bits per heavy atom. The van der Waals surface area contributed by atoms with Gasteiger partial charge in [-0.25, -0.2) is 4.79 Å². The molecule has 7 nitrogen and oxygen atoms in total. The van der Waals surface area contributed by atoms with Crippen molar-refractivity contribution in [1.29, 1.82) is 5.26 Å². The minimum Gasteiger partial charge on any atom is -0.446 e. The van der Waals surface area contributed by atoms with Crippen molar-refractivity contribution in [2.75, 3.05) is 18.0 Å². The molecule has 0 spiro atoms. The molecule has 1 amide bonds. The van der Waals surface area contributed by atoms with Crippen LogP contribution in [0.3, 0.4) is 0 Å². The number of amides is 1. The van der Waals surface area contributed by atoms with E-state index in [4.69, 9.17) is 10.5 Å². The molecular formula is C25H23BrN4O3. The van der Waals surface area contributed by atoms with Gasteiger partial charge in [-0.05, 0) is 29.8 Å². The number of benzene rings is 2. The normalized spacial score (nSPS) is 17.4. The first-order valence-corrected chi connectivity index (χ1v) is 11.7. The van der Waals surface area contributed by atoms with E-state index in [0.717, 1.165) is 32.3 Å². The average Bonchev–Trinajstić information content (AvgIpc) is 3.17. The minimum absolute atomic E-state index is 0.0653. The molecular weight excluding hydrogens is 484 g/mol. The lowest BCUT2D eigenvalue weighted by atomic mass is 9.70. The molecule has 33 heavy (non-hydrogen) atoms. The van der Waals surface area contributed by atoms with Crippen LogP contribution >= 0.6 is 15.9 Å². The molecule has 5 rings (SSSR count). The summed E-state index contributed by atoms with van der Waals surface area (Å²) in [5.74, 6) is -0.0653. The first kappa shape index (κ1) is 21.5. The van der Waals surface area contributed by atoms with Crippen LogP contribution in [0.2, 0.25) is 0 Å². The highest BCUT2D eigenvalue weighted by Crippen LogP contribution is 2.46. The molecule has 2 heterocycles. The molecule has 0 saturated carbocycles. The maximum absolute atomic E-state index is 13.6. The Morgan fingerprint density at radius 3 is 2.67 bits per heavy atom. The van der Waals surface area contributed by atoms with Crippen LogP contribution in [-0.2, 0) is 10.2 Å². The topological polar surface area (TPSA) is 112 Å². The number of hydrogen-bond acceptors (Lipinski definition) is 5. The molecule has 1 aliphatic carbocycles. The number of ketones is 1. The van der Waals surface area contributed by atoms with Crippen LogP contribution < -0.4 is 10.6 Å². The molecule has 1 aromatic heterocycles. The van der Waals surface area contributed by atoms with Gasteiger partial charge in [0.25, 0.3) is 0 Å². The van der Waals surface area contributed by atoms with Crippen molar-refractivity contribution in [2.24, 2.45) is 5.73 Å². The quantitative estimate of drug-likeness (QED) is 0.521. The Hall–Kier alpha value is -3.31.